The van der Waals surface area contributed by atoms with Gasteiger partial charge in [0.2, 0.25) is 0 Å². The Kier molecular flexibility index (Phi) is 3.97. The summed E-state index contributed by atoms with van der Waals surface area (Å²) in [4.78, 5) is 9.52. The van der Waals surface area contributed by atoms with Crippen molar-refractivity contribution < 1.29 is 0 Å². The van der Waals surface area contributed by atoms with Gasteiger partial charge >= 0.3 is 0 Å². The first-order valence-corrected chi connectivity index (χ1v) is 8.27. The van der Waals surface area contributed by atoms with Crippen molar-refractivity contribution in [2.24, 2.45) is 7.05 Å². The van der Waals surface area contributed by atoms with E-state index < -0.39 is 0 Å². The zero-order valence-electron chi connectivity index (χ0n) is 12.6. The van der Waals surface area contributed by atoms with Crippen LogP contribution in [0.15, 0.2) is 10.7 Å². The maximum Gasteiger partial charge on any atom is 0.165 e. The van der Waals surface area contributed by atoms with E-state index in [0.717, 1.165) is 46.0 Å². The molecule has 0 spiro atoms. The van der Waals surface area contributed by atoms with Crippen LogP contribution in [0.5, 0.6) is 0 Å². The van der Waals surface area contributed by atoms with Gasteiger partial charge in [-0.3, -0.25) is 4.68 Å². The highest BCUT2D eigenvalue weighted by atomic mass is 79.9. The van der Waals surface area contributed by atoms with Crippen LogP contribution in [-0.4, -0.2) is 26.3 Å². The summed E-state index contributed by atoms with van der Waals surface area (Å²) in [5, 5.41) is 7.83. The first-order valence-electron chi connectivity index (χ1n) is 7.48. The van der Waals surface area contributed by atoms with Crippen molar-refractivity contribution in [3.8, 4) is 11.4 Å². The molecule has 1 N–H and O–H groups in total. The SMILES string of the molecule is CCNc1nc(-c2cn(C)nc2CC)nc(C2CC2)c1Br. The largest absolute Gasteiger partial charge is 0.369 e. The molecule has 3 rings (SSSR count). The Balaban J connectivity index is 2.12. The highest BCUT2D eigenvalue weighted by Crippen LogP contribution is 2.44. The average molecular weight is 350 g/mol. The molecule has 0 bridgehead atoms. The second-order valence-corrected chi connectivity index (χ2v) is 6.21. The molecule has 1 saturated carbocycles. The predicted octanol–water partition coefficient (Wildman–Crippen LogP) is 3.51. The Bertz CT molecular complexity index is 660. The smallest absolute Gasteiger partial charge is 0.165 e. The number of nitrogens with one attached hydrogen (secondary N) is 1. The Morgan fingerprint density at radius 3 is 2.71 bits per heavy atom. The van der Waals surface area contributed by atoms with Gasteiger partial charge in [-0.25, -0.2) is 9.97 Å². The monoisotopic (exact) mass is 349 g/mol. The fraction of sp³-hybridized carbons (Fsp3) is 0.533. The topological polar surface area (TPSA) is 55.6 Å². The van der Waals surface area contributed by atoms with Crippen molar-refractivity contribution >= 4 is 21.7 Å². The van der Waals surface area contributed by atoms with Gasteiger partial charge in [0.05, 0.1) is 21.4 Å². The van der Waals surface area contributed by atoms with Gasteiger partial charge in [-0.15, -0.1) is 0 Å². The number of hydrogen-bond acceptors (Lipinski definition) is 4. The van der Waals surface area contributed by atoms with Gasteiger partial charge in [-0.1, -0.05) is 6.92 Å². The molecule has 0 radical (unpaired) electrons. The van der Waals surface area contributed by atoms with Crippen LogP contribution in [-0.2, 0) is 13.5 Å². The molecule has 0 aliphatic heterocycles. The number of aromatic nitrogens is 4. The number of aryl methyl sites for hydroxylation is 2. The molecular formula is C15H20BrN5. The van der Waals surface area contributed by atoms with E-state index in [1.165, 1.54) is 12.8 Å². The van der Waals surface area contributed by atoms with Crippen LogP contribution >= 0.6 is 15.9 Å². The highest BCUT2D eigenvalue weighted by Gasteiger charge is 2.30. The molecular weight excluding hydrogens is 330 g/mol. The average Bonchev–Trinajstić information content (AvgIpc) is 3.23. The van der Waals surface area contributed by atoms with E-state index in [2.05, 4.69) is 40.2 Å². The Morgan fingerprint density at radius 2 is 2.10 bits per heavy atom. The van der Waals surface area contributed by atoms with Gasteiger partial charge in [-0.05, 0) is 42.1 Å². The second-order valence-electron chi connectivity index (χ2n) is 5.42. The van der Waals surface area contributed by atoms with Gasteiger partial charge in [-0.2, -0.15) is 5.10 Å². The lowest BCUT2D eigenvalue weighted by molar-refractivity contribution is 0.746. The summed E-state index contributed by atoms with van der Waals surface area (Å²) < 4.78 is 2.85. The van der Waals surface area contributed by atoms with Crippen molar-refractivity contribution in [1.29, 1.82) is 0 Å². The minimum Gasteiger partial charge on any atom is -0.369 e. The maximum absolute atomic E-state index is 4.82. The molecule has 1 aliphatic rings. The molecule has 0 saturated heterocycles. The summed E-state index contributed by atoms with van der Waals surface area (Å²) in [6.45, 7) is 5.02. The Labute approximate surface area is 133 Å². The lowest BCUT2D eigenvalue weighted by Gasteiger charge is -2.11. The third kappa shape index (κ3) is 2.81. The third-order valence-corrected chi connectivity index (χ3v) is 4.45. The lowest BCUT2D eigenvalue weighted by Crippen LogP contribution is -2.06. The van der Waals surface area contributed by atoms with Gasteiger partial charge < -0.3 is 5.32 Å². The molecule has 0 amide bonds. The molecule has 6 heteroatoms. The van der Waals surface area contributed by atoms with E-state index in [0.29, 0.717) is 5.92 Å². The van der Waals surface area contributed by atoms with E-state index in [4.69, 9.17) is 9.97 Å². The van der Waals surface area contributed by atoms with Crippen LogP contribution in [0.1, 0.15) is 44.0 Å². The minimum absolute atomic E-state index is 0.570. The zero-order valence-corrected chi connectivity index (χ0v) is 14.2. The van der Waals surface area contributed by atoms with Crippen molar-refractivity contribution in [3.05, 3.63) is 22.1 Å². The molecule has 1 aliphatic carbocycles. The molecule has 2 heterocycles. The second kappa shape index (κ2) is 5.75. The van der Waals surface area contributed by atoms with E-state index >= 15 is 0 Å². The van der Waals surface area contributed by atoms with Gasteiger partial charge in [0.1, 0.15) is 5.82 Å². The van der Waals surface area contributed by atoms with Crippen LogP contribution in [0.4, 0.5) is 5.82 Å². The molecule has 1 fully saturated rings. The molecule has 21 heavy (non-hydrogen) atoms. The maximum atomic E-state index is 4.82. The van der Waals surface area contributed by atoms with Crippen LogP contribution in [0.25, 0.3) is 11.4 Å². The quantitative estimate of drug-likeness (QED) is 0.897. The van der Waals surface area contributed by atoms with Gasteiger partial charge in [0, 0.05) is 25.7 Å². The highest BCUT2D eigenvalue weighted by molar-refractivity contribution is 9.10. The zero-order chi connectivity index (χ0) is 15.0. The fourth-order valence-electron chi connectivity index (χ4n) is 2.48. The van der Waals surface area contributed by atoms with Crippen molar-refractivity contribution in [2.45, 2.75) is 39.0 Å². The number of hydrogen-bond donors (Lipinski definition) is 1. The van der Waals surface area contributed by atoms with Gasteiger partial charge in [0.15, 0.2) is 5.82 Å². The van der Waals surface area contributed by atoms with E-state index in [1.807, 2.05) is 17.9 Å². The standard InChI is InChI=1S/C15H20BrN5/c1-4-11-10(8-21(3)20-11)14-18-13(9-6-7-9)12(16)15(19-14)17-5-2/h8-9H,4-7H2,1-3H3,(H,17,18,19). The number of nitrogens with zero attached hydrogens (tertiary/aromatic N) is 4. The molecule has 0 aromatic carbocycles. The molecule has 0 atom stereocenters. The molecule has 2 aromatic heterocycles. The van der Waals surface area contributed by atoms with Crippen molar-refractivity contribution in [3.63, 3.8) is 0 Å². The Morgan fingerprint density at radius 1 is 1.33 bits per heavy atom. The minimum atomic E-state index is 0.570. The molecule has 112 valence electrons. The predicted molar refractivity (Wildman–Crippen MR) is 87.5 cm³/mol. The molecule has 0 unspecified atom stereocenters. The van der Waals surface area contributed by atoms with Crippen molar-refractivity contribution in [2.75, 3.05) is 11.9 Å². The first kappa shape index (κ1) is 14.5. The fourth-order valence-corrected chi connectivity index (χ4v) is 3.12. The number of halogens is 1. The van der Waals surface area contributed by atoms with Crippen molar-refractivity contribution in [1.82, 2.24) is 19.7 Å². The summed E-state index contributed by atoms with van der Waals surface area (Å²) in [5.41, 5.74) is 3.21. The van der Waals surface area contributed by atoms with Crippen LogP contribution in [0.2, 0.25) is 0 Å². The summed E-state index contributed by atoms with van der Waals surface area (Å²) in [6, 6.07) is 0. The Hall–Kier alpha value is -1.43. The van der Waals surface area contributed by atoms with Gasteiger partial charge in [0.25, 0.3) is 0 Å². The summed E-state index contributed by atoms with van der Waals surface area (Å²) >= 11 is 3.66. The van der Waals surface area contributed by atoms with Crippen LogP contribution in [0.3, 0.4) is 0 Å². The summed E-state index contributed by atoms with van der Waals surface area (Å²) in [6.07, 6.45) is 5.32. The number of anilines is 1. The number of rotatable bonds is 5. The normalized spacial score (nSPS) is 14.5. The van der Waals surface area contributed by atoms with E-state index in [1.54, 1.807) is 0 Å². The molecule has 2 aromatic rings. The van der Waals surface area contributed by atoms with E-state index in [-0.39, 0.29) is 0 Å². The lowest BCUT2D eigenvalue weighted by atomic mass is 10.2. The van der Waals surface area contributed by atoms with E-state index in [9.17, 15) is 0 Å². The van der Waals surface area contributed by atoms with Crippen LogP contribution < -0.4 is 5.32 Å². The first-order chi connectivity index (χ1) is 10.1. The third-order valence-electron chi connectivity index (χ3n) is 3.67. The summed E-state index contributed by atoms with van der Waals surface area (Å²) in [7, 11) is 1.94. The molecule has 5 nitrogen and oxygen atoms in total. The summed E-state index contributed by atoms with van der Waals surface area (Å²) in [5.74, 6) is 2.23. The van der Waals surface area contributed by atoms with Crippen LogP contribution in [0, 0.1) is 0 Å².